The van der Waals surface area contributed by atoms with E-state index in [4.69, 9.17) is 0 Å². The van der Waals surface area contributed by atoms with Gasteiger partial charge in [-0.25, -0.2) is 4.98 Å². The lowest BCUT2D eigenvalue weighted by Crippen LogP contribution is -2.56. The number of hydrogen-bond acceptors (Lipinski definition) is 5. The van der Waals surface area contributed by atoms with Gasteiger partial charge in [0.2, 0.25) is 5.95 Å². The van der Waals surface area contributed by atoms with Gasteiger partial charge in [-0.05, 0) is 63.0 Å². The van der Waals surface area contributed by atoms with Gasteiger partial charge in [0.05, 0.1) is 11.3 Å². The Kier molecular flexibility index (Phi) is 7.07. The molecular weight excluding hydrogens is 451 g/mol. The largest absolute Gasteiger partial charge is 0.396 e. The number of carbonyl (C=O) groups excluding carboxylic acids is 3. The van der Waals surface area contributed by atoms with Crippen molar-refractivity contribution in [3.63, 3.8) is 0 Å². The molecule has 2 bridgehead atoms. The van der Waals surface area contributed by atoms with Crippen molar-refractivity contribution < 1.29 is 23.9 Å². The van der Waals surface area contributed by atoms with E-state index in [2.05, 4.69) is 15.6 Å². The summed E-state index contributed by atoms with van der Waals surface area (Å²) in [6, 6.07) is 2.57. The summed E-state index contributed by atoms with van der Waals surface area (Å²) in [5.74, 6) is -1.66. The molecule has 2 heterocycles. The third-order valence-electron chi connectivity index (χ3n) is 7.78. The number of carbonyl (C=O) groups is 3. The van der Waals surface area contributed by atoms with E-state index in [1.807, 2.05) is 0 Å². The van der Waals surface area contributed by atoms with Crippen molar-refractivity contribution in [3.8, 4) is 0 Å². The number of nitrogens with zero attached hydrogens (tertiary/aromatic N) is 2. The quantitative estimate of drug-likeness (QED) is 0.317. The van der Waals surface area contributed by atoms with Gasteiger partial charge in [-0.15, -0.1) is 0 Å². The van der Waals surface area contributed by atoms with Crippen LogP contribution in [-0.2, 0) is 11.8 Å². The molecule has 3 N–H and O–H groups in total. The zero-order chi connectivity index (χ0) is 25.3. The van der Waals surface area contributed by atoms with Gasteiger partial charge in [-0.2, -0.15) is 4.39 Å². The molecule has 2 aliphatic carbocycles. The summed E-state index contributed by atoms with van der Waals surface area (Å²) >= 11 is 0. The van der Waals surface area contributed by atoms with Crippen LogP contribution in [0, 0.1) is 31.6 Å². The first-order valence-corrected chi connectivity index (χ1v) is 12.2. The Balaban J connectivity index is 1.57. The number of aliphatic hydroxyl groups excluding tert-OH is 1. The topological polar surface area (TPSA) is 113 Å². The van der Waals surface area contributed by atoms with E-state index < -0.39 is 29.1 Å². The average molecular weight is 485 g/mol. The number of halogens is 1. The fraction of sp³-hybridized carbons (Fsp3) is 0.538. The summed E-state index contributed by atoms with van der Waals surface area (Å²) in [7, 11) is 1.64. The summed E-state index contributed by atoms with van der Waals surface area (Å²) in [5, 5.41) is 15.4. The lowest BCUT2D eigenvalue weighted by atomic mass is 9.63. The first-order chi connectivity index (χ1) is 16.6. The molecule has 2 atom stereocenters. The molecule has 2 unspecified atom stereocenters. The van der Waals surface area contributed by atoms with E-state index in [-0.39, 0.29) is 23.6 Å². The summed E-state index contributed by atoms with van der Waals surface area (Å²) in [6.45, 7) is 3.26. The van der Waals surface area contributed by atoms with Crippen LogP contribution in [0.15, 0.2) is 18.3 Å². The summed E-state index contributed by atoms with van der Waals surface area (Å²) < 4.78 is 15.0. The lowest BCUT2D eigenvalue weighted by Gasteiger charge is -2.47. The zero-order valence-electron chi connectivity index (χ0n) is 20.5. The number of amides is 2. The normalized spacial score (nSPS) is 23.6. The van der Waals surface area contributed by atoms with Gasteiger partial charge in [0.1, 0.15) is 0 Å². The molecule has 0 radical (unpaired) electrons. The van der Waals surface area contributed by atoms with Gasteiger partial charge < -0.3 is 20.3 Å². The molecule has 2 aromatic rings. The van der Waals surface area contributed by atoms with Gasteiger partial charge in [0.15, 0.2) is 0 Å². The summed E-state index contributed by atoms with van der Waals surface area (Å²) in [5.41, 5.74) is 0.954. The van der Waals surface area contributed by atoms with Crippen molar-refractivity contribution in [1.29, 1.82) is 0 Å². The predicted molar refractivity (Wildman–Crippen MR) is 129 cm³/mol. The first-order valence-electron chi connectivity index (χ1n) is 12.2. The van der Waals surface area contributed by atoms with Crippen LogP contribution < -0.4 is 10.6 Å². The second kappa shape index (κ2) is 9.89. The third kappa shape index (κ3) is 5.00. The number of aliphatic hydroxyl groups is 1. The molecule has 2 aromatic heterocycles. The summed E-state index contributed by atoms with van der Waals surface area (Å²) in [6.07, 6.45) is 7.77. The number of aromatic nitrogens is 2. The second-order valence-electron chi connectivity index (χ2n) is 10.2. The minimum Gasteiger partial charge on any atom is -0.396 e. The van der Waals surface area contributed by atoms with Crippen molar-refractivity contribution in [2.75, 3.05) is 11.9 Å². The molecule has 2 amide bonds. The third-order valence-corrected chi connectivity index (χ3v) is 7.78. The Labute approximate surface area is 204 Å². The predicted octanol–water partition coefficient (Wildman–Crippen LogP) is 3.45. The Morgan fingerprint density at radius 1 is 1.23 bits per heavy atom. The Morgan fingerprint density at radius 3 is 2.54 bits per heavy atom. The molecule has 2 saturated carbocycles. The molecule has 2 fully saturated rings. The van der Waals surface area contributed by atoms with E-state index in [9.17, 15) is 23.9 Å². The molecule has 188 valence electrons. The Hall–Kier alpha value is -3.07. The van der Waals surface area contributed by atoms with Crippen LogP contribution in [0.4, 0.5) is 10.1 Å². The van der Waals surface area contributed by atoms with E-state index in [0.29, 0.717) is 29.5 Å². The van der Waals surface area contributed by atoms with E-state index in [1.54, 1.807) is 25.5 Å². The molecule has 0 aromatic carbocycles. The van der Waals surface area contributed by atoms with Crippen LogP contribution in [0.3, 0.4) is 0 Å². The van der Waals surface area contributed by atoms with Crippen molar-refractivity contribution in [3.05, 3.63) is 46.8 Å². The van der Waals surface area contributed by atoms with Crippen molar-refractivity contribution >= 4 is 23.3 Å². The van der Waals surface area contributed by atoms with E-state index in [1.165, 1.54) is 18.7 Å². The Morgan fingerprint density at radius 2 is 1.91 bits per heavy atom. The van der Waals surface area contributed by atoms with Crippen LogP contribution in [0.1, 0.15) is 77.0 Å². The monoisotopic (exact) mass is 484 g/mol. The Bertz CT molecular complexity index is 1150. The van der Waals surface area contributed by atoms with Gasteiger partial charge in [-0.3, -0.25) is 14.4 Å². The second-order valence-corrected chi connectivity index (χ2v) is 10.2. The highest BCUT2D eigenvalue weighted by Crippen LogP contribution is 2.45. The van der Waals surface area contributed by atoms with Crippen LogP contribution in [0.25, 0.3) is 0 Å². The molecule has 0 saturated heterocycles. The fourth-order valence-electron chi connectivity index (χ4n) is 6.26. The molecule has 0 spiro atoms. The maximum atomic E-state index is 13.4. The average Bonchev–Trinajstić information content (AvgIpc) is 3.01. The number of ketones is 1. The van der Waals surface area contributed by atoms with Crippen molar-refractivity contribution in [2.24, 2.45) is 18.9 Å². The number of hydrogen-bond donors (Lipinski definition) is 3. The van der Waals surface area contributed by atoms with Crippen LogP contribution >= 0.6 is 0 Å². The summed E-state index contributed by atoms with van der Waals surface area (Å²) in [4.78, 5) is 43.0. The number of pyridine rings is 1. The minimum atomic E-state index is -0.722. The molecule has 35 heavy (non-hydrogen) atoms. The van der Waals surface area contributed by atoms with Crippen LogP contribution in [0.5, 0.6) is 0 Å². The van der Waals surface area contributed by atoms with Gasteiger partial charge in [0.25, 0.3) is 17.6 Å². The van der Waals surface area contributed by atoms with Crippen molar-refractivity contribution in [2.45, 2.75) is 64.3 Å². The number of fused-ring (bicyclic) bond motifs is 2. The number of anilines is 1. The minimum absolute atomic E-state index is 0.0594. The first kappa shape index (κ1) is 25.0. The molecule has 0 aliphatic heterocycles. The number of nitrogens with one attached hydrogen (secondary N) is 2. The van der Waals surface area contributed by atoms with E-state index in [0.717, 1.165) is 38.2 Å². The number of Topliss-reactive ketones (excluding diaryl/α,β-unsaturated/α-hetero) is 1. The number of rotatable bonds is 7. The fourth-order valence-corrected chi connectivity index (χ4v) is 6.26. The highest BCUT2D eigenvalue weighted by atomic mass is 19.1. The molecule has 9 heteroatoms. The molecular formula is C26H33FN4O4. The molecule has 2 aliphatic rings. The maximum absolute atomic E-state index is 13.4. The SMILES string of the molecule is Cc1c(C(=O)Nc2ccnc(F)c2)c(C)n(C)c1C(=O)C(=O)NC1(CCO)CC2CCCC(C2)C1. The smallest absolute Gasteiger partial charge is 0.294 e. The van der Waals surface area contributed by atoms with E-state index >= 15 is 0 Å². The van der Waals surface area contributed by atoms with Crippen molar-refractivity contribution in [1.82, 2.24) is 14.9 Å². The van der Waals surface area contributed by atoms with Crippen LogP contribution in [-0.4, -0.2) is 44.4 Å². The molecule has 4 rings (SSSR count). The van der Waals surface area contributed by atoms with Crippen LogP contribution in [0.2, 0.25) is 0 Å². The standard InChI is InChI=1S/C26H33FN4O4/c1-15-21(24(34)29-19-7-9-28-20(27)12-19)16(2)31(3)22(15)23(33)25(35)30-26(8-10-32)13-17-5-4-6-18(11-17)14-26/h7,9,12,17-18,32H,4-6,8,10-11,13-14H2,1-3H3,(H,30,35)(H,28,29,34). The zero-order valence-corrected chi connectivity index (χ0v) is 20.5. The highest BCUT2D eigenvalue weighted by Gasteiger charge is 2.44. The van der Waals surface area contributed by atoms with Gasteiger partial charge in [0, 0.05) is 42.8 Å². The molecule has 8 nitrogen and oxygen atoms in total. The van der Waals surface area contributed by atoms with Gasteiger partial charge in [-0.1, -0.05) is 19.3 Å². The maximum Gasteiger partial charge on any atom is 0.294 e. The highest BCUT2D eigenvalue weighted by molar-refractivity contribution is 6.43. The lowest BCUT2D eigenvalue weighted by molar-refractivity contribution is -0.120. The van der Waals surface area contributed by atoms with Gasteiger partial charge >= 0.3 is 0 Å².